The van der Waals surface area contributed by atoms with Crippen LogP contribution in [0.2, 0.25) is 0 Å². The quantitative estimate of drug-likeness (QED) is 0.660. The van der Waals surface area contributed by atoms with Gasteiger partial charge in [-0.25, -0.2) is 14.3 Å². The summed E-state index contributed by atoms with van der Waals surface area (Å²) < 4.78 is 1.33. The van der Waals surface area contributed by atoms with Gasteiger partial charge in [0.15, 0.2) is 5.65 Å². The molecule has 3 unspecified atom stereocenters. The Bertz CT molecular complexity index is 1040. The van der Waals surface area contributed by atoms with E-state index in [0.717, 1.165) is 38.5 Å². The molecule has 0 aliphatic heterocycles. The van der Waals surface area contributed by atoms with Crippen LogP contribution in [0.1, 0.15) is 74.6 Å². The predicted octanol–water partition coefficient (Wildman–Crippen LogP) is 2.40. The molecule has 8 heteroatoms. The third-order valence-electron chi connectivity index (χ3n) is 7.90. The first kappa shape index (κ1) is 20.3. The van der Waals surface area contributed by atoms with E-state index in [9.17, 15) is 14.4 Å². The van der Waals surface area contributed by atoms with Crippen molar-refractivity contribution in [1.82, 2.24) is 25.2 Å². The maximum absolute atomic E-state index is 12.7. The van der Waals surface area contributed by atoms with Crippen LogP contribution < -0.4 is 16.3 Å². The SMILES string of the molecule is O=C(NCCC1CCC(NC(=O)C2CCC3(CCC3)C2)C1)c1cccn2c(=O)[nH]nc12. The molecule has 0 radical (unpaired) electrons. The van der Waals surface area contributed by atoms with Gasteiger partial charge < -0.3 is 10.6 Å². The summed E-state index contributed by atoms with van der Waals surface area (Å²) in [6.45, 7) is 0.574. The first-order valence-corrected chi connectivity index (χ1v) is 11.7. The number of rotatable bonds is 6. The van der Waals surface area contributed by atoms with Crippen molar-refractivity contribution in [3.63, 3.8) is 0 Å². The number of aromatic nitrogens is 3. The van der Waals surface area contributed by atoms with Crippen molar-refractivity contribution in [1.29, 1.82) is 0 Å². The molecule has 0 saturated heterocycles. The molecule has 1 spiro atoms. The number of fused-ring (bicyclic) bond motifs is 1. The lowest BCUT2D eigenvalue weighted by Gasteiger charge is -2.38. The van der Waals surface area contributed by atoms with Gasteiger partial charge in [0.05, 0.1) is 5.56 Å². The molecular formula is C23H31N5O3. The molecule has 0 aromatic carbocycles. The molecule has 3 N–H and O–H groups in total. The number of amides is 2. The highest BCUT2D eigenvalue weighted by molar-refractivity contribution is 5.99. The second kappa shape index (κ2) is 8.13. The minimum Gasteiger partial charge on any atom is -0.353 e. The zero-order valence-electron chi connectivity index (χ0n) is 17.9. The van der Waals surface area contributed by atoms with Crippen molar-refractivity contribution in [3.05, 3.63) is 34.4 Å². The number of carbonyl (C=O) groups is 2. The Morgan fingerprint density at radius 2 is 2.10 bits per heavy atom. The molecule has 31 heavy (non-hydrogen) atoms. The molecule has 2 aromatic rings. The molecule has 2 aromatic heterocycles. The Labute approximate surface area is 181 Å². The normalized spacial score (nSPS) is 26.8. The van der Waals surface area contributed by atoms with Gasteiger partial charge in [-0.15, -0.1) is 0 Å². The minimum atomic E-state index is -0.357. The first-order chi connectivity index (χ1) is 15.0. The maximum atomic E-state index is 12.7. The van der Waals surface area contributed by atoms with Crippen LogP contribution in [0.4, 0.5) is 0 Å². The van der Waals surface area contributed by atoms with Crippen LogP contribution >= 0.6 is 0 Å². The second-order valence-corrected chi connectivity index (χ2v) is 9.87. The number of nitrogens with zero attached hydrogens (tertiary/aromatic N) is 2. The van der Waals surface area contributed by atoms with Gasteiger partial charge in [0.2, 0.25) is 5.91 Å². The van der Waals surface area contributed by atoms with E-state index in [1.807, 2.05) is 0 Å². The van der Waals surface area contributed by atoms with Gasteiger partial charge in [0.1, 0.15) is 0 Å². The summed E-state index contributed by atoms with van der Waals surface area (Å²) in [5.41, 5.74) is 0.874. The third kappa shape index (κ3) is 4.00. The van der Waals surface area contributed by atoms with Gasteiger partial charge in [-0.1, -0.05) is 6.42 Å². The van der Waals surface area contributed by atoms with Crippen LogP contribution in [0.5, 0.6) is 0 Å². The van der Waals surface area contributed by atoms with Crippen molar-refractivity contribution >= 4 is 17.5 Å². The fourth-order valence-corrected chi connectivity index (χ4v) is 5.94. The number of pyridine rings is 1. The summed E-state index contributed by atoms with van der Waals surface area (Å²) >= 11 is 0. The summed E-state index contributed by atoms with van der Waals surface area (Å²) in [7, 11) is 0. The molecule has 2 amide bonds. The molecule has 0 bridgehead atoms. The van der Waals surface area contributed by atoms with Gasteiger partial charge in [0, 0.05) is 24.7 Å². The number of carbonyl (C=O) groups excluding carboxylic acids is 2. The van der Waals surface area contributed by atoms with E-state index in [2.05, 4.69) is 20.8 Å². The zero-order chi connectivity index (χ0) is 21.4. The fraction of sp³-hybridized carbons (Fsp3) is 0.652. The molecule has 3 saturated carbocycles. The first-order valence-electron chi connectivity index (χ1n) is 11.7. The predicted molar refractivity (Wildman–Crippen MR) is 116 cm³/mol. The van der Waals surface area contributed by atoms with Gasteiger partial charge in [-0.3, -0.25) is 9.59 Å². The van der Waals surface area contributed by atoms with Crippen LogP contribution in [0, 0.1) is 17.3 Å². The third-order valence-corrected chi connectivity index (χ3v) is 7.90. The average Bonchev–Trinajstić information content (AvgIpc) is 3.46. The van der Waals surface area contributed by atoms with E-state index >= 15 is 0 Å². The van der Waals surface area contributed by atoms with Crippen molar-refractivity contribution in [2.24, 2.45) is 17.3 Å². The minimum absolute atomic E-state index is 0.218. The largest absolute Gasteiger partial charge is 0.353 e. The van der Waals surface area contributed by atoms with Crippen LogP contribution in [-0.4, -0.2) is 39.0 Å². The number of nitrogens with one attached hydrogen (secondary N) is 3. The summed E-state index contributed by atoms with van der Waals surface area (Å²) in [5.74, 6) is 0.774. The smallest absolute Gasteiger partial charge is 0.347 e. The molecule has 166 valence electrons. The summed E-state index contributed by atoms with van der Waals surface area (Å²) in [6.07, 6.45) is 12.9. The zero-order valence-corrected chi connectivity index (χ0v) is 17.9. The Hall–Kier alpha value is -2.64. The van der Waals surface area contributed by atoms with Gasteiger partial charge >= 0.3 is 5.69 Å². The Kier molecular flexibility index (Phi) is 5.32. The van der Waals surface area contributed by atoms with E-state index in [1.54, 1.807) is 18.3 Å². The van der Waals surface area contributed by atoms with Crippen LogP contribution in [0.3, 0.4) is 0 Å². The fourth-order valence-electron chi connectivity index (χ4n) is 5.94. The Morgan fingerprint density at radius 3 is 2.87 bits per heavy atom. The molecule has 3 atom stereocenters. The van der Waals surface area contributed by atoms with Crippen LogP contribution in [-0.2, 0) is 4.79 Å². The second-order valence-electron chi connectivity index (χ2n) is 9.87. The van der Waals surface area contributed by atoms with E-state index < -0.39 is 0 Å². The summed E-state index contributed by atoms with van der Waals surface area (Å²) in [5, 5.41) is 12.6. The van der Waals surface area contributed by atoms with E-state index in [0.29, 0.717) is 29.1 Å². The van der Waals surface area contributed by atoms with Crippen LogP contribution in [0.15, 0.2) is 23.1 Å². The summed E-state index contributed by atoms with van der Waals surface area (Å²) in [6, 6.07) is 3.61. The number of H-pyrrole nitrogens is 1. The highest BCUT2D eigenvalue weighted by atomic mass is 16.2. The number of aromatic amines is 1. The summed E-state index contributed by atoms with van der Waals surface area (Å²) in [4.78, 5) is 36.9. The average molecular weight is 426 g/mol. The van der Waals surface area contributed by atoms with E-state index in [1.165, 1.54) is 30.1 Å². The van der Waals surface area contributed by atoms with Crippen molar-refractivity contribution in [2.45, 2.75) is 70.3 Å². The van der Waals surface area contributed by atoms with Gasteiger partial charge in [-0.05, 0) is 81.3 Å². The molecule has 5 rings (SSSR count). The van der Waals surface area contributed by atoms with Crippen molar-refractivity contribution < 1.29 is 9.59 Å². The topological polar surface area (TPSA) is 108 Å². The van der Waals surface area contributed by atoms with Crippen LogP contribution in [0.25, 0.3) is 5.65 Å². The molecule has 3 fully saturated rings. The number of hydrogen-bond donors (Lipinski definition) is 3. The standard InChI is InChI=1S/C23H31N5O3/c29-20(16-6-10-23(14-16)8-2-9-23)25-17-5-4-15(13-17)7-11-24-21(30)18-3-1-12-28-19(18)26-27-22(28)31/h1,3,12,15-17H,2,4-11,13-14H2,(H,24,30)(H,25,29)(H,27,31). The molecule has 3 aliphatic rings. The molecule has 2 heterocycles. The lowest BCUT2D eigenvalue weighted by molar-refractivity contribution is -0.125. The molecular weight excluding hydrogens is 394 g/mol. The van der Waals surface area contributed by atoms with Crippen molar-refractivity contribution in [3.8, 4) is 0 Å². The molecule has 3 aliphatic carbocycles. The number of hydrogen-bond acceptors (Lipinski definition) is 4. The van der Waals surface area contributed by atoms with Crippen molar-refractivity contribution in [2.75, 3.05) is 6.54 Å². The van der Waals surface area contributed by atoms with E-state index in [-0.39, 0.29) is 29.5 Å². The highest BCUT2D eigenvalue weighted by Crippen LogP contribution is 2.55. The Balaban J connectivity index is 1.06. The monoisotopic (exact) mass is 425 g/mol. The highest BCUT2D eigenvalue weighted by Gasteiger charge is 2.45. The maximum Gasteiger partial charge on any atom is 0.347 e. The lowest BCUT2D eigenvalue weighted by atomic mass is 9.67. The Morgan fingerprint density at radius 1 is 1.23 bits per heavy atom. The van der Waals surface area contributed by atoms with Gasteiger partial charge in [0.25, 0.3) is 5.91 Å². The lowest BCUT2D eigenvalue weighted by Crippen LogP contribution is -2.38. The van der Waals surface area contributed by atoms with E-state index in [4.69, 9.17) is 0 Å². The van der Waals surface area contributed by atoms with Gasteiger partial charge in [-0.2, -0.15) is 5.10 Å². The molecule has 8 nitrogen and oxygen atoms in total.